The quantitative estimate of drug-likeness (QED) is 0.472. The minimum absolute atomic E-state index is 0.276. The molecule has 0 aromatic heterocycles. The summed E-state index contributed by atoms with van der Waals surface area (Å²) in [7, 11) is 0. The van der Waals surface area contributed by atoms with Gasteiger partial charge in [-0.1, -0.05) is 0 Å². The first-order valence-corrected chi connectivity index (χ1v) is 9.79. The minimum atomic E-state index is -0.280. The summed E-state index contributed by atoms with van der Waals surface area (Å²) < 4.78 is 44.8. The fourth-order valence-corrected chi connectivity index (χ4v) is 3.91. The summed E-state index contributed by atoms with van der Waals surface area (Å²) in [6, 6.07) is 21.6. The topological polar surface area (TPSA) is 112 Å². The normalized spacial score (nSPS) is 14.6. The maximum atomic E-state index is 7.50. The van der Waals surface area contributed by atoms with Crippen molar-refractivity contribution in [3.05, 3.63) is 105 Å². The number of ether oxygens (including phenoxy) is 1. The van der Waals surface area contributed by atoms with E-state index in [2.05, 4.69) is 129 Å². The van der Waals surface area contributed by atoms with Gasteiger partial charge in [-0.2, -0.15) is 0 Å². The van der Waals surface area contributed by atoms with Gasteiger partial charge in [0.05, 0.1) is 0 Å². The predicted molar refractivity (Wildman–Crippen MR) is 110 cm³/mol. The first kappa shape index (κ1) is 35.1. The first-order chi connectivity index (χ1) is 16.1. The van der Waals surface area contributed by atoms with Crippen LogP contribution in [0.25, 0.3) is 0 Å². The molecule has 1 heterocycles. The predicted octanol–water partition coefficient (Wildman–Crippen LogP) is 3.92. The molecule has 170 valence electrons. The molecule has 0 spiro atoms. The molecule has 0 aliphatic carbocycles. The van der Waals surface area contributed by atoms with Gasteiger partial charge in [-0.15, -0.1) is 0 Å². The number of hydrogen-bond donors (Lipinski definition) is 0. The fourth-order valence-electron chi connectivity index (χ4n) is 3.21. The van der Waals surface area contributed by atoms with Crippen LogP contribution in [0.1, 0.15) is 37.4 Å². The molecule has 2 aromatic rings. The van der Waals surface area contributed by atoms with Gasteiger partial charge in [0, 0.05) is 0 Å². The Bertz CT molecular complexity index is 838. The van der Waals surface area contributed by atoms with Crippen LogP contribution in [0.3, 0.4) is 0 Å². The van der Waals surface area contributed by atoms with Crippen LogP contribution in [0.4, 0.5) is 0 Å². The Kier molecular flexibility index (Phi) is 24.1. The van der Waals surface area contributed by atoms with E-state index in [0.29, 0.717) is 0 Å². The Labute approximate surface area is 203 Å². The van der Waals surface area contributed by atoms with E-state index >= 15 is 0 Å². The molecule has 0 unspecified atom stereocenters. The van der Waals surface area contributed by atoms with Crippen LogP contribution in [0.5, 0.6) is 0 Å². The molecule has 1 atom stereocenters. The van der Waals surface area contributed by atoms with Gasteiger partial charge in [0.25, 0.3) is 0 Å². The second-order valence-corrected chi connectivity index (χ2v) is 7.17. The Hall–Kier alpha value is -2.54. The summed E-state index contributed by atoms with van der Waals surface area (Å²) in [5, 5.41) is 0. The zero-order valence-corrected chi connectivity index (χ0v) is 19.6. The zero-order chi connectivity index (χ0) is 26.3. The monoisotopic (exact) mass is 485 g/mol. The van der Waals surface area contributed by atoms with Gasteiger partial charge in [-0.3, -0.25) is 0 Å². The van der Waals surface area contributed by atoms with E-state index in [1.54, 1.807) is 0 Å². The Morgan fingerprint density at radius 3 is 1.73 bits per heavy atom. The molecule has 8 heteroatoms. The van der Waals surface area contributed by atoms with Crippen LogP contribution in [-0.2, 0) is 50.3 Å². The van der Waals surface area contributed by atoms with E-state index in [1.165, 1.54) is 15.6 Å². The van der Waals surface area contributed by atoms with E-state index in [1.807, 2.05) is 0 Å². The number of benzene rings is 2. The van der Waals surface area contributed by atoms with Crippen molar-refractivity contribution < 1.29 is 43.8 Å². The van der Waals surface area contributed by atoms with Gasteiger partial charge in [0.15, 0.2) is 0 Å². The number of hydrogen-bond acceptors (Lipinski definition) is 2. The van der Waals surface area contributed by atoms with E-state index in [-0.39, 0.29) is 11.8 Å². The maximum absolute atomic E-state index is 7.50. The summed E-state index contributed by atoms with van der Waals surface area (Å²) in [6.45, 7) is 27.5. The summed E-state index contributed by atoms with van der Waals surface area (Å²) in [6.07, 6.45) is 2.04. The molecule has 0 bridgehead atoms. The second kappa shape index (κ2) is 22.6. The average molecular weight is 485 g/mol. The van der Waals surface area contributed by atoms with Crippen molar-refractivity contribution in [2.75, 3.05) is 6.61 Å². The van der Waals surface area contributed by atoms with Gasteiger partial charge in [-0.25, -0.2) is 0 Å². The van der Waals surface area contributed by atoms with Crippen LogP contribution >= 0.6 is 0 Å². The van der Waals surface area contributed by atoms with Crippen LogP contribution < -0.4 is 0 Å². The van der Waals surface area contributed by atoms with E-state index in [9.17, 15) is 0 Å². The van der Waals surface area contributed by atoms with Gasteiger partial charge in [0.1, 0.15) is 0 Å². The van der Waals surface area contributed by atoms with Crippen LogP contribution in [0.15, 0.2) is 60.7 Å². The zero-order valence-electron chi connectivity index (χ0n) is 18.3. The van der Waals surface area contributed by atoms with Crippen molar-refractivity contribution in [2.45, 2.75) is 38.5 Å². The molecule has 33 heavy (non-hydrogen) atoms. The SMILES string of the molecule is CC1(C)OC[C@@H](c2ccccc2)N1[C](=[Cr])CCc1ccccc1.[C-]#[O+].[C-]#[O+].[C-]#[O+].[C-]#[O+].[C-]#[O+]. The van der Waals surface area contributed by atoms with Gasteiger partial charge in [0.2, 0.25) is 0 Å². The third-order valence-electron chi connectivity index (χ3n) is 4.41. The Morgan fingerprint density at radius 1 is 0.848 bits per heavy atom. The summed E-state index contributed by atoms with van der Waals surface area (Å²) >= 11 is 3.31. The number of nitrogens with zero attached hydrogens (tertiary/aromatic N) is 1. The summed E-state index contributed by atoms with van der Waals surface area (Å²) in [4.78, 5) is 2.41. The molecule has 1 aliphatic rings. The van der Waals surface area contributed by atoms with Crippen LogP contribution in [0.2, 0.25) is 0 Å². The molecule has 1 fully saturated rings. The molecule has 0 saturated carbocycles. The first-order valence-electron chi connectivity index (χ1n) is 9.15. The third kappa shape index (κ3) is 12.3. The van der Waals surface area contributed by atoms with Crippen LogP contribution in [-0.4, -0.2) is 21.7 Å². The molecule has 0 radical (unpaired) electrons. The van der Waals surface area contributed by atoms with Crippen molar-refractivity contribution in [2.24, 2.45) is 0 Å². The number of rotatable bonds is 5. The molecular weight excluding hydrogens is 462 g/mol. The Morgan fingerprint density at radius 2 is 1.27 bits per heavy atom. The molecule has 0 amide bonds. The molecule has 7 nitrogen and oxygen atoms in total. The molecule has 1 aliphatic heterocycles. The van der Waals surface area contributed by atoms with Gasteiger partial charge >= 0.3 is 203 Å². The van der Waals surface area contributed by atoms with Crippen molar-refractivity contribution >= 4 is 4.50 Å². The van der Waals surface area contributed by atoms with E-state index in [0.717, 1.165) is 19.4 Å². The fraction of sp³-hybridized carbons (Fsp3) is 0.280. The molecule has 0 N–H and O–H groups in total. The van der Waals surface area contributed by atoms with Crippen molar-refractivity contribution in [3.63, 3.8) is 0 Å². The molecule has 2 aromatic carbocycles. The van der Waals surface area contributed by atoms with Crippen molar-refractivity contribution in [1.82, 2.24) is 4.90 Å². The molecule has 3 rings (SSSR count). The van der Waals surface area contributed by atoms with Crippen molar-refractivity contribution in [3.8, 4) is 0 Å². The average Bonchev–Trinajstić information content (AvgIpc) is 3.24. The third-order valence-corrected chi connectivity index (χ3v) is 5.04. The Balaban J connectivity index is -0.000000798. The van der Waals surface area contributed by atoms with Crippen molar-refractivity contribution in [1.29, 1.82) is 0 Å². The van der Waals surface area contributed by atoms with Gasteiger partial charge in [-0.05, 0) is 0 Å². The second-order valence-electron chi connectivity index (χ2n) is 6.43. The van der Waals surface area contributed by atoms with Crippen LogP contribution in [0, 0.1) is 33.3 Å². The van der Waals surface area contributed by atoms with E-state index < -0.39 is 0 Å². The number of aryl methyl sites for hydroxylation is 1. The van der Waals surface area contributed by atoms with Gasteiger partial charge < -0.3 is 0 Å². The standard InChI is InChI=1S/C20H23NO.5CO.Cr/c1-20(2)21(15-9-12-17-10-5-3-6-11-17)19(16-22-20)18-13-7-4-8-14-18;5*1-2;/h3-8,10-11,13-14,19H,9,12,16H2,1-2H3;;;;;;/t19-;;;;;;/m0....../s1. The summed E-state index contributed by atoms with van der Waals surface area (Å²) in [5.74, 6) is 0. The molecule has 1 saturated heterocycles. The summed E-state index contributed by atoms with van der Waals surface area (Å²) in [5.41, 5.74) is 2.40. The van der Waals surface area contributed by atoms with E-state index in [4.69, 9.17) is 28.0 Å². The molecular formula is C25H23CrNO6.